The van der Waals surface area contributed by atoms with E-state index in [0.717, 1.165) is 13.0 Å². The number of rotatable bonds is 7. The molecule has 0 amide bonds. The van der Waals surface area contributed by atoms with Crippen LogP contribution in [0.5, 0.6) is 0 Å². The van der Waals surface area contributed by atoms with Crippen LogP contribution in [0.25, 0.3) is 0 Å². The van der Waals surface area contributed by atoms with Gasteiger partial charge in [-0.15, -0.1) is 0 Å². The van der Waals surface area contributed by atoms with Gasteiger partial charge in [-0.3, -0.25) is 13.5 Å². The van der Waals surface area contributed by atoms with Crippen LogP contribution in [0.3, 0.4) is 0 Å². The van der Waals surface area contributed by atoms with Crippen molar-refractivity contribution in [3.8, 4) is 0 Å². The molecule has 1 aromatic heterocycles. The summed E-state index contributed by atoms with van der Waals surface area (Å²) in [5.74, 6) is 0.667. The Hall–Kier alpha value is -0.880. The van der Waals surface area contributed by atoms with Gasteiger partial charge in [-0.05, 0) is 18.4 Å². The van der Waals surface area contributed by atoms with Crippen molar-refractivity contribution in [3.05, 3.63) is 21.8 Å². The van der Waals surface area contributed by atoms with Gasteiger partial charge in [-0.2, -0.15) is 0 Å². The van der Waals surface area contributed by atoms with Gasteiger partial charge < -0.3 is 0 Å². The second kappa shape index (κ2) is 10.9. The smallest absolute Gasteiger partial charge is 0.260 e. The van der Waals surface area contributed by atoms with Crippen molar-refractivity contribution in [2.75, 3.05) is 5.75 Å². The summed E-state index contributed by atoms with van der Waals surface area (Å²) in [4.78, 5) is 21.2. The summed E-state index contributed by atoms with van der Waals surface area (Å²) in [5, 5.41) is 1.86. The molecule has 0 aliphatic carbocycles. The third-order valence-electron chi connectivity index (χ3n) is 2.84. The van der Waals surface area contributed by atoms with Crippen molar-refractivity contribution < 1.29 is 4.79 Å². The quantitative estimate of drug-likeness (QED) is 0.571. The highest BCUT2D eigenvalue weighted by Gasteiger charge is 2.01. The second-order valence-electron chi connectivity index (χ2n) is 4.59. The molecular weight excluding hydrogens is 292 g/mol. The van der Waals surface area contributed by atoms with Gasteiger partial charge in [0.2, 0.25) is 0 Å². The third kappa shape index (κ3) is 7.65. The molecule has 1 aliphatic rings. The third-order valence-corrected chi connectivity index (χ3v) is 4.38. The van der Waals surface area contributed by atoms with Gasteiger partial charge in [0.25, 0.3) is 5.56 Å². The number of carbonyl (C=O) groups excluding carboxylic acids is 1. The number of carbonyl (C=O) groups is 1. The minimum atomic E-state index is 0.125. The molecule has 20 heavy (non-hydrogen) atoms. The molecule has 0 bridgehead atoms. The molecule has 0 fully saturated rings. The lowest BCUT2D eigenvalue weighted by molar-refractivity contribution is -0.110. The van der Waals surface area contributed by atoms with Crippen LogP contribution in [0.1, 0.15) is 45.4 Å². The highest BCUT2D eigenvalue weighted by atomic mass is 32.2. The largest absolute Gasteiger partial charge is 0.292 e. The second-order valence-corrected chi connectivity index (χ2v) is 6.27. The van der Waals surface area contributed by atoms with Gasteiger partial charge in [0.1, 0.15) is 0 Å². The monoisotopic (exact) mass is 314 g/mol. The van der Waals surface area contributed by atoms with Crippen LogP contribution < -0.4 is 5.56 Å². The molecule has 2 heterocycles. The number of aryl methyl sites for hydroxylation is 1. The summed E-state index contributed by atoms with van der Waals surface area (Å²) in [7, 11) is 0. The summed E-state index contributed by atoms with van der Waals surface area (Å²) in [6.45, 7) is 3.13. The molecule has 4 nitrogen and oxygen atoms in total. The zero-order valence-corrected chi connectivity index (χ0v) is 13.5. The first-order valence-electron chi connectivity index (χ1n) is 7.07. The molecule has 1 aromatic rings. The van der Waals surface area contributed by atoms with Crippen LogP contribution in [0.4, 0.5) is 0 Å². The van der Waals surface area contributed by atoms with Gasteiger partial charge in [0.05, 0.1) is 12.0 Å². The Kier molecular flexibility index (Phi) is 9.32. The van der Waals surface area contributed by atoms with Gasteiger partial charge >= 0.3 is 0 Å². The Morgan fingerprint density at radius 1 is 1.20 bits per heavy atom. The van der Waals surface area contributed by atoms with Crippen molar-refractivity contribution in [1.29, 1.82) is 0 Å². The Labute approximate surface area is 128 Å². The fourth-order valence-corrected chi connectivity index (χ4v) is 2.92. The number of ketones is 1. The normalized spacial score (nSPS) is 13.3. The summed E-state index contributed by atoms with van der Waals surface area (Å²) in [6.07, 6.45) is 9.05. The van der Waals surface area contributed by atoms with Crippen LogP contribution in [0.2, 0.25) is 0 Å². The molecule has 0 saturated carbocycles. The molecule has 1 aliphatic heterocycles. The van der Waals surface area contributed by atoms with Gasteiger partial charge in [0.15, 0.2) is 5.78 Å². The SMILES string of the molecule is CCCCCCCCn1sccc1=O.O=C1C=NSC1. The molecule has 112 valence electrons. The number of unbranched alkanes of at least 4 members (excludes halogenated alkanes) is 5. The fraction of sp³-hybridized carbons (Fsp3) is 0.643. The van der Waals surface area contributed by atoms with Crippen LogP contribution in [0, 0.1) is 0 Å². The summed E-state index contributed by atoms with van der Waals surface area (Å²) in [5.41, 5.74) is 0.156. The van der Waals surface area contributed by atoms with Crippen molar-refractivity contribution >= 4 is 35.5 Å². The predicted octanol–water partition coefficient (Wildman–Crippen LogP) is 3.56. The first kappa shape index (κ1) is 17.2. The van der Waals surface area contributed by atoms with E-state index in [1.165, 1.54) is 61.8 Å². The number of hydrogen-bond acceptors (Lipinski definition) is 5. The first-order valence-corrected chi connectivity index (χ1v) is 8.85. The lowest BCUT2D eigenvalue weighted by Gasteiger charge is -2.00. The van der Waals surface area contributed by atoms with E-state index in [-0.39, 0.29) is 11.3 Å². The van der Waals surface area contributed by atoms with E-state index in [1.54, 1.807) is 6.07 Å². The van der Waals surface area contributed by atoms with Crippen LogP contribution >= 0.6 is 23.5 Å². The van der Waals surface area contributed by atoms with E-state index < -0.39 is 0 Å². The average molecular weight is 314 g/mol. The Morgan fingerprint density at radius 3 is 2.45 bits per heavy atom. The highest BCUT2D eigenvalue weighted by Crippen LogP contribution is 2.06. The Bertz CT molecular complexity index is 466. The zero-order chi connectivity index (χ0) is 14.6. The van der Waals surface area contributed by atoms with Crippen LogP contribution in [0.15, 0.2) is 20.6 Å². The van der Waals surface area contributed by atoms with Gasteiger partial charge in [-0.1, -0.05) is 50.6 Å². The molecular formula is C14H22N2O2S2. The van der Waals surface area contributed by atoms with Crippen molar-refractivity contribution in [3.63, 3.8) is 0 Å². The molecule has 0 spiro atoms. The number of Topliss-reactive ketones (excluding diaryl/α,β-unsaturated/α-hetero) is 1. The van der Waals surface area contributed by atoms with Gasteiger partial charge in [-0.25, -0.2) is 4.40 Å². The Balaban J connectivity index is 0.000000276. The minimum Gasteiger partial charge on any atom is -0.292 e. The lowest BCUT2D eigenvalue weighted by Crippen LogP contribution is -2.11. The maximum atomic E-state index is 11.2. The summed E-state index contributed by atoms with van der Waals surface area (Å²) >= 11 is 2.82. The summed E-state index contributed by atoms with van der Waals surface area (Å²) < 4.78 is 5.44. The first-order chi connectivity index (χ1) is 9.74. The number of nitrogens with zero attached hydrogens (tertiary/aromatic N) is 2. The molecule has 0 unspecified atom stereocenters. The van der Waals surface area contributed by atoms with E-state index in [9.17, 15) is 9.59 Å². The van der Waals surface area contributed by atoms with E-state index in [0.29, 0.717) is 5.75 Å². The van der Waals surface area contributed by atoms with E-state index in [2.05, 4.69) is 11.3 Å². The topological polar surface area (TPSA) is 51.4 Å². The molecule has 6 heteroatoms. The lowest BCUT2D eigenvalue weighted by atomic mass is 10.1. The van der Waals surface area contributed by atoms with Crippen molar-refractivity contribution in [2.24, 2.45) is 4.40 Å². The fourth-order valence-electron chi connectivity index (χ4n) is 1.73. The molecule has 0 radical (unpaired) electrons. The number of hydrogen-bond donors (Lipinski definition) is 0. The van der Waals surface area contributed by atoms with E-state index in [4.69, 9.17) is 0 Å². The average Bonchev–Trinajstić information content (AvgIpc) is 3.06. The zero-order valence-electron chi connectivity index (χ0n) is 11.9. The Morgan fingerprint density at radius 2 is 1.95 bits per heavy atom. The number of aromatic nitrogens is 1. The van der Waals surface area contributed by atoms with E-state index in [1.807, 2.05) is 9.34 Å². The molecule has 0 atom stereocenters. The van der Waals surface area contributed by atoms with Crippen LogP contribution in [-0.4, -0.2) is 21.7 Å². The van der Waals surface area contributed by atoms with Gasteiger partial charge in [0, 0.05) is 18.0 Å². The highest BCUT2D eigenvalue weighted by molar-refractivity contribution is 7.99. The molecule has 0 saturated heterocycles. The minimum absolute atomic E-state index is 0.125. The predicted molar refractivity (Wildman–Crippen MR) is 87.9 cm³/mol. The maximum Gasteiger partial charge on any atom is 0.260 e. The van der Waals surface area contributed by atoms with E-state index >= 15 is 0 Å². The van der Waals surface area contributed by atoms with Crippen molar-refractivity contribution in [1.82, 2.24) is 3.96 Å². The molecule has 2 rings (SSSR count). The maximum absolute atomic E-state index is 11.2. The van der Waals surface area contributed by atoms with Crippen molar-refractivity contribution in [2.45, 2.75) is 52.0 Å². The molecule has 0 N–H and O–H groups in total. The molecule has 0 aromatic carbocycles. The van der Waals surface area contributed by atoms with Crippen LogP contribution in [-0.2, 0) is 11.3 Å². The summed E-state index contributed by atoms with van der Waals surface area (Å²) in [6, 6.07) is 1.64. The standard InChI is InChI=1S/C11H19NOS.C3H3NOS/c1-2-3-4-5-6-7-9-12-11(13)8-10-14-12;5-3-1-4-6-2-3/h8,10H,2-7,9H2,1H3;1H,2H2.